The van der Waals surface area contributed by atoms with E-state index in [4.69, 9.17) is 11.2 Å². The van der Waals surface area contributed by atoms with E-state index >= 15 is 0 Å². The Kier molecular flexibility index (Phi) is 4.65. The van der Waals surface area contributed by atoms with Crippen molar-refractivity contribution in [2.75, 3.05) is 6.61 Å². The molecule has 0 radical (unpaired) electrons. The van der Waals surface area contributed by atoms with E-state index in [-0.39, 0.29) is 6.61 Å². The Morgan fingerprint density at radius 1 is 1.47 bits per heavy atom. The van der Waals surface area contributed by atoms with Crippen molar-refractivity contribution in [2.45, 2.75) is 0 Å². The molecule has 0 fully saturated rings. The van der Waals surface area contributed by atoms with Gasteiger partial charge in [0, 0.05) is 0 Å². The standard InChI is InChI=1S/C12H9BrO2/c1-2-9-15-12(14)11-5-3-10(4-6-11)7-8-13/h1,3-8H,9H2/b8-7-. The molecule has 0 aliphatic heterocycles. The van der Waals surface area contributed by atoms with Gasteiger partial charge in [-0.25, -0.2) is 4.79 Å². The quantitative estimate of drug-likeness (QED) is 0.620. The SMILES string of the molecule is C#CCOC(=O)c1ccc(/C=C\Br)cc1. The molecular weight excluding hydrogens is 256 g/mol. The fourth-order valence-electron chi connectivity index (χ4n) is 0.994. The van der Waals surface area contributed by atoms with Crippen LogP contribution in [0.15, 0.2) is 29.3 Å². The second kappa shape index (κ2) is 6.05. The van der Waals surface area contributed by atoms with Gasteiger partial charge in [-0.2, -0.15) is 0 Å². The molecule has 1 aromatic carbocycles. The smallest absolute Gasteiger partial charge is 0.339 e. The van der Waals surface area contributed by atoms with Crippen LogP contribution in [0.2, 0.25) is 0 Å². The summed E-state index contributed by atoms with van der Waals surface area (Å²) in [4.78, 5) is 13.1. The summed E-state index contributed by atoms with van der Waals surface area (Å²) in [5.41, 5.74) is 1.50. The number of rotatable bonds is 3. The van der Waals surface area contributed by atoms with Crippen molar-refractivity contribution in [1.29, 1.82) is 0 Å². The van der Waals surface area contributed by atoms with E-state index in [0.29, 0.717) is 5.56 Å². The number of benzene rings is 1. The van der Waals surface area contributed by atoms with Crippen LogP contribution in [0.25, 0.3) is 6.08 Å². The lowest BCUT2D eigenvalue weighted by atomic mass is 10.1. The Hall–Kier alpha value is -1.53. The number of hydrogen-bond acceptors (Lipinski definition) is 2. The maximum atomic E-state index is 11.3. The van der Waals surface area contributed by atoms with Gasteiger partial charge in [-0.15, -0.1) is 6.42 Å². The largest absolute Gasteiger partial charge is 0.449 e. The Bertz CT molecular complexity index is 399. The van der Waals surface area contributed by atoms with Gasteiger partial charge < -0.3 is 4.74 Å². The number of carbonyl (C=O) groups excluding carboxylic acids is 1. The summed E-state index contributed by atoms with van der Waals surface area (Å²) in [7, 11) is 0. The van der Waals surface area contributed by atoms with E-state index in [9.17, 15) is 4.79 Å². The predicted molar refractivity (Wildman–Crippen MR) is 63.5 cm³/mol. The van der Waals surface area contributed by atoms with Crippen LogP contribution in [0.3, 0.4) is 0 Å². The molecule has 0 atom stereocenters. The van der Waals surface area contributed by atoms with Crippen LogP contribution in [0.5, 0.6) is 0 Å². The highest BCUT2D eigenvalue weighted by atomic mass is 79.9. The predicted octanol–water partition coefficient (Wildman–Crippen LogP) is 2.84. The third-order valence-electron chi connectivity index (χ3n) is 1.69. The maximum Gasteiger partial charge on any atom is 0.339 e. The summed E-state index contributed by atoms with van der Waals surface area (Å²) >= 11 is 3.17. The molecule has 0 aromatic heterocycles. The lowest BCUT2D eigenvalue weighted by Crippen LogP contribution is -2.04. The van der Waals surface area contributed by atoms with E-state index in [0.717, 1.165) is 5.56 Å². The van der Waals surface area contributed by atoms with E-state index in [1.165, 1.54) is 0 Å². The van der Waals surface area contributed by atoms with Crippen molar-refractivity contribution in [2.24, 2.45) is 0 Å². The van der Waals surface area contributed by atoms with Gasteiger partial charge in [-0.1, -0.05) is 34.0 Å². The summed E-state index contributed by atoms with van der Waals surface area (Å²) in [5.74, 6) is 1.84. The molecule has 0 saturated carbocycles. The second-order valence-corrected chi connectivity index (χ2v) is 3.22. The molecule has 0 saturated heterocycles. The summed E-state index contributed by atoms with van der Waals surface area (Å²) in [5, 5.41) is 0. The first-order chi connectivity index (χ1) is 7.27. The second-order valence-electron chi connectivity index (χ2n) is 2.69. The number of esters is 1. The highest BCUT2D eigenvalue weighted by Gasteiger charge is 2.04. The minimum Gasteiger partial charge on any atom is -0.449 e. The lowest BCUT2D eigenvalue weighted by Gasteiger charge is -2.00. The highest BCUT2D eigenvalue weighted by molar-refractivity contribution is 9.11. The minimum atomic E-state index is -0.401. The normalized spacial score (nSPS) is 9.87. The van der Waals surface area contributed by atoms with Crippen molar-refractivity contribution < 1.29 is 9.53 Å². The maximum absolute atomic E-state index is 11.3. The van der Waals surface area contributed by atoms with Gasteiger partial charge in [-0.3, -0.25) is 0 Å². The molecule has 0 aliphatic carbocycles. The van der Waals surface area contributed by atoms with Gasteiger partial charge >= 0.3 is 5.97 Å². The summed E-state index contributed by atoms with van der Waals surface area (Å²) in [6.45, 7) is 0.00187. The Balaban J connectivity index is 2.72. The molecule has 2 nitrogen and oxygen atoms in total. The Morgan fingerprint density at radius 3 is 2.67 bits per heavy atom. The van der Waals surface area contributed by atoms with Gasteiger partial charge in [0.15, 0.2) is 6.61 Å². The first-order valence-electron chi connectivity index (χ1n) is 4.25. The molecule has 3 heteroatoms. The number of halogens is 1. The van der Waals surface area contributed by atoms with Crippen LogP contribution in [0.1, 0.15) is 15.9 Å². The molecule has 0 heterocycles. The van der Waals surface area contributed by atoms with Crippen LogP contribution in [0, 0.1) is 12.3 Å². The van der Waals surface area contributed by atoms with Crippen molar-refractivity contribution in [1.82, 2.24) is 0 Å². The molecule has 0 aliphatic rings. The van der Waals surface area contributed by atoms with Gasteiger partial charge in [0.25, 0.3) is 0 Å². The number of ether oxygens (including phenoxy) is 1. The minimum absolute atomic E-state index is 0.00187. The third-order valence-corrected chi connectivity index (χ3v) is 1.95. The molecular formula is C12H9BrO2. The van der Waals surface area contributed by atoms with Crippen LogP contribution in [-0.4, -0.2) is 12.6 Å². The summed E-state index contributed by atoms with van der Waals surface area (Å²) in [6.07, 6.45) is 6.85. The highest BCUT2D eigenvalue weighted by Crippen LogP contribution is 2.08. The first-order valence-corrected chi connectivity index (χ1v) is 5.17. The molecule has 0 unspecified atom stereocenters. The third kappa shape index (κ3) is 3.61. The van der Waals surface area contributed by atoms with Crippen LogP contribution < -0.4 is 0 Å². The molecule has 0 amide bonds. The van der Waals surface area contributed by atoms with E-state index in [2.05, 4.69) is 21.9 Å². The van der Waals surface area contributed by atoms with Gasteiger partial charge in [0.05, 0.1) is 5.56 Å². The first kappa shape index (κ1) is 11.5. The van der Waals surface area contributed by atoms with E-state index in [1.54, 1.807) is 17.1 Å². The lowest BCUT2D eigenvalue weighted by molar-refractivity contribution is 0.0557. The van der Waals surface area contributed by atoms with Gasteiger partial charge in [0.1, 0.15) is 0 Å². The fourth-order valence-corrected chi connectivity index (χ4v) is 1.30. The topological polar surface area (TPSA) is 26.3 Å². The van der Waals surface area contributed by atoms with Crippen LogP contribution >= 0.6 is 15.9 Å². The van der Waals surface area contributed by atoms with Crippen molar-refractivity contribution in [3.63, 3.8) is 0 Å². The summed E-state index contributed by atoms with van der Waals surface area (Å²) < 4.78 is 4.77. The van der Waals surface area contributed by atoms with Crippen LogP contribution in [0.4, 0.5) is 0 Å². The Labute approximate surface area is 97.1 Å². The number of hydrogen-bond donors (Lipinski definition) is 0. The fraction of sp³-hybridized carbons (Fsp3) is 0.0833. The van der Waals surface area contributed by atoms with Gasteiger partial charge in [0.2, 0.25) is 0 Å². The zero-order valence-corrected chi connectivity index (χ0v) is 9.53. The molecule has 15 heavy (non-hydrogen) atoms. The monoisotopic (exact) mass is 264 g/mol. The zero-order chi connectivity index (χ0) is 11.1. The van der Waals surface area contributed by atoms with Crippen molar-refractivity contribution >= 4 is 28.0 Å². The Morgan fingerprint density at radius 2 is 2.13 bits per heavy atom. The molecule has 0 spiro atoms. The molecule has 1 aromatic rings. The molecule has 0 bridgehead atoms. The van der Waals surface area contributed by atoms with Crippen molar-refractivity contribution in [3.05, 3.63) is 40.4 Å². The molecule has 76 valence electrons. The van der Waals surface area contributed by atoms with Crippen molar-refractivity contribution in [3.8, 4) is 12.3 Å². The zero-order valence-electron chi connectivity index (χ0n) is 7.94. The van der Waals surface area contributed by atoms with E-state index < -0.39 is 5.97 Å². The number of terminal acetylenes is 1. The van der Waals surface area contributed by atoms with Gasteiger partial charge in [-0.05, 0) is 28.8 Å². The molecule has 0 N–H and O–H groups in total. The van der Waals surface area contributed by atoms with E-state index in [1.807, 2.05) is 18.2 Å². The summed E-state index contributed by atoms with van der Waals surface area (Å²) in [6, 6.07) is 7.04. The number of carbonyl (C=O) groups is 1. The molecule has 1 rings (SSSR count). The average molecular weight is 265 g/mol. The van der Waals surface area contributed by atoms with Crippen LogP contribution in [-0.2, 0) is 4.74 Å². The average Bonchev–Trinajstić information content (AvgIpc) is 2.27.